The van der Waals surface area contributed by atoms with Crippen LogP contribution in [0.2, 0.25) is 5.02 Å². The highest BCUT2D eigenvalue weighted by atomic mass is 35.5. The Morgan fingerprint density at radius 3 is 2.56 bits per heavy atom. The maximum atomic E-state index is 13.1. The van der Waals surface area contributed by atoms with Gasteiger partial charge in [0.25, 0.3) is 11.8 Å². The molecule has 3 aliphatic heterocycles. The number of carbonyl (C=O) groups is 4. The minimum atomic E-state index is -0.610. The summed E-state index contributed by atoms with van der Waals surface area (Å²) in [5.74, 6) is -0.573. The lowest BCUT2D eigenvalue weighted by atomic mass is 9.88. The Balaban J connectivity index is 1.12. The van der Waals surface area contributed by atoms with Gasteiger partial charge in [0, 0.05) is 47.5 Å². The lowest BCUT2D eigenvalue weighted by molar-refractivity contribution is -0.136. The van der Waals surface area contributed by atoms with Crippen molar-refractivity contribution in [2.45, 2.75) is 44.2 Å². The molecule has 0 aliphatic carbocycles. The Morgan fingerprint density at radius 2 is 1.78 bits per heavy atom. The third-order valence-corrected chi connectivity index (χ3v) is 7.85. The van der Waals surface area contributed by atoms with Crippen molar-refractivity contribution in [1.82, 2.24) is 20.1 Å². The monoisotopic (exact) mass is 504 g/mol. The molecule has 8 nitrogen and oxygen atoms in total. The number of aromatic amines is 1. The second kappa shape index (κ2) is 8.78. The number of imide groups is 1. The number of nitrogens with zero attached hydrogens (tertiary/aromatic N) is 2. The number of amides is 4. The van der Waals surface area contributed by atoms with Gasteiger partial charge in [-0.15, -0.1) is 0 Å². The van der Waals surface area contributed by atoms with Gasteiger partial charge in [0.2, 0.25) is 11.8 Å². The summed E-state index contributed by atoms with van der Waals surface area (Å²) in [6.07, 6.45) is 2.27. The lowest BCUT2D eigenvalue weighted by Crippen LogP contribution is -2.52. The second-order valence-electron chi connectivity index (χ2n) is 9.80. The van der Waals surface area contributed by atoms with Gasteiger partial charge in [-0.2, -0.15) is 0 Å². The molecule has 6 rings (SSSR count). The molecule has 9 heteroatoms. The van der Waals surface area contributed by atoms with E-state index in [-0.39, 0.29) is 24.1 Å². The lowest BCUT2D eigenvalue weighted by Gasteiger charge is -2.32. The summed E-state index contributed by atoms with van der Waals surface area (Å²) >= 11 is 6.07. The summed E-state index contributed by atoms with van der Waals surface area (Å²) in [4.78, 5) is 56.5. The van der Waals surface area contributed by atoms with Gasteiger partial charge in [0.15, 0.2) is 0 Å². The van der Waals surface area contributed by atoms with Crippen LogP contribution in [-0.4, -0.2) is 57.5 Å². The summed E-state index contributed by atoms with van der Waals surface area (Å²) in [7, 11) is 0. The first kappa shape index (κ1) is 22.8. The van der Waals surface area contributed by atoms with Gasteiger partial charge < -0.3 is 14.8 Å². The van der Waals surface area contributed by atoms with E-state index in [2.05, 4.69) is 16.4 Å². The summed E-state index contributed by atoms with van der Waals surface area (Å²) in [5, 5.41) is 3.92. The molecule has 0 spiro atoms. The average molecular weight is 505 g/mol. The Kier molecular flexibility index (Phi) is 5.56. The Morgan fingerprint density at radius 1 is 0.972 bits per heavy atom. The van der Waals surface area contributed by atoms with Crippen molar-refractivity contribution in [3.8, 4) is 0 Å². The maximum Gasteiger partial charge on any atom is 0.270 e. The fourth-order valence-electron chi connectivity index (χ4n) is 5.65. The Labute approximate surface area is 212 Å². The van der Waals surface area contributed by atoms with E-state index < -0.39 is 11.9 Å². The largest absolute Gasteiger partial charge is 0.350 e. The molecule has 0 radical (unpaired) electrons. The molecule has 4 heterocycles. The molecule has 3 aromatic rings. The van der Waals surface area contributed by atoms with Gasteiger partial charge in [-0.3, -0.25) is 24.5 Å². The van der Waals surface area contributed by atoms with Crippen LogP contribution >= 0.6 is 11.6 Å². The molecule has 2 saturated heterocycles. The Bertz CT molecular complexity index is 1420. The van der Waals surface area contributed by atoms with Crippen molar-refractivity contribution >= 4 is 46.1 Å². The van der Waals surface area contributed by atoms with Crippen LogP contribution in [0.1, 0.15) is 63.6 Å². The number of hydrogen-bond donors (Lipinski definition) is 2. The van der Waals surface area contributed by atoms with Crippen molar-refractivity contribution < 1.29 is 19.2 Å². The smallest absolute Gasteiger partial charge is 0.270 e. The molecule has 3 aliphatic rings. The molecule has 4 amide bonds. The van der Waals surface area contributed by atoms with Crippen LogP contribution in [0.15, 0.2) is 42.5 Å². The van der Waals surface area contributed by atoms with Gasteiger partial charge in [-0.05, 0) is 60.6 Å². The average Bonchev–Trinajstić information content (AvgIpc) is 3.44. The molecule has 1 aromatic heterocycles. The van der Waals surface area contributed by atoms with Gasteiger partial charge >= 0.3 is 0 Å². The zero-order chi connectivity index (χ0) is 25.0. The number of fused-ring (bicyclic) bond motifs is 2. The van der Waals surface area contributed by atoms with Crippen LogP contribution in [-0.2, 0) is 16.1 Å². The summed E-state index contributed by atoms with van der Waals surface area (Å²) < 4.78 is 0. The molecular formula is C27H25ClN4O4. The fourth-order valence-corrected chi connectivity index (χ4v) is 5.82. The standard InChI is InChI=1S/C27H25ClN4O4/c28-19-3-1-17-12-22(29-21(17)13-19)27(36)31-9-7-15(8-10-31)16-2-4-20-18(11-16)14-32(26(20)35)23-5-6-24(33)30-25(23)34/h1-4,11-13,15,23,29H,5-10,14H2,(H,30,33,34). The third kappa shape index (κ3) is 3.95. The van der Waals surface area contributed by atoms with Crippen molar-refractivity contribution in [3.05, 3.63) is 69.9 Å². The number of halogens is 1. The van der Waals surface area contributed by atoms with Gasteiger partial charge in [-0.25, -0.2) is 0 Å². The molecular weight excluding hydrogens is 480 g/mol. The summed E-state index contributed by atoms with van der Waals surface area (Å²) in [5.41, 5.74) is 4.10. The van der Waals surface area contributed by atoms with Crippen LogP contribution in [0.25, 0.3) is 10.9 Å². The number of piperidine rings is 2. The maximum absolute atomic E-state index is 13.1. The minimum Gasteiger partial charge on any atom is -0.350 e. The molecule has 0 saturated carbocycles. The van der Waals surface area contributed by atoms with E-state index in [1.807, 2.05) is 41.3 Å². The van der Waals surface area contributed by atoms with Crippen LogP contribution in [0.4, 0.5) is 0 Å². The van der Waals surface area contributed by atoms with E-state index >= 15 is 0 Å². The van der Waals surface area contributed by atoms with Crippen LogP contribution in [0, 0.1) is 0 Å². The first-order valence-electron chi connectivity index (χ1n) is 12.2. The van der Waals surface area contributed by atoms with Gasteiger partial charge in [0.1, 0.15) is 11.7 Å². The predicted molar refractivity (Wildman–Crippen MR) is 134 cm³/mol. The Hall–Kier alpha value is -3.65. The molecule has 1 unspecified atom stereocenters. The number of rotatable bonds is 3. The third-order valence-electron chi connectivity index (χ3n) is 7.62. The van der Waals surface area contributed by atoms with Crippen molar-refractivity contribution in [2.75, 3.05) is 13.1 Å². The molecule has 0 bridgehead atoms. The molecule has 184 valence electrons. The number of nitrogens with one attached hydrogen (secondary N) is 2. The minimum absolute atomic E-state index is 0.0137. The number of hydrogen-bond acceptors (Lipinski definition) is 4. The van der Waals surface area contributed by atoms with E-state index in [9.17, 15) is 19.2 Å². The van der Waals surface area contributed by atoms with Crippen molar-refractivity contribution in [2.24, 2.45) is 0 Å². The van der Waals surface area contributed by atoms with Crippen LogP contribution in [0.5, 0.6) is 0 Å². The summed E-state index contributed by atoms with van der Waals surface area (Å²) in [6, 6.07) is 12.7. The number of carbonyl (C=O) groups excluding carboxylic acids is 4. The first-order valence-corrected chi connectivity index (χ1v) is 12.6. The second-order valence-corrected chi connectivity index (χ2v) is 10.2. The quantitative estimate of drug-likeness (QED) is 0.532. The highest BCUT2D eigenvalue weighted by Crippen LogP contribution is 2.34. The molecule has 2 N–H and O–H groups in total. The predicted octanol–water partition coefficient (Wildman–Crippen LogP) is 3.60. The highest BCUT2D eigenvalue weighted by molar-refractivity contribution is 6.31. The normalized spacial score (nSPS) is 20.7. The first-order chi connectivity index (χ1) is 17.4. The number of benzene rings is 2. The zero-order valence-corrected chi connectivity index (χ0v) is 20.3. The number of H-pyrrole nitrogens is 1. The fraction of sp³-hybridized carbons (Fsp3) is 0.333. The zero-order valence-electron chi connectivity index (χ0n) is 19.6. The van der Waals surface area contributed by atoms with Crippen molar-refractivity contribution in [3.63, 3.8) is 0 Å². The van der Waals surface area contributed by atoms with Crippen molar-refractivity contribution in [1.29, 1.82) is 0 Å². The molecule has 1 atom stereocenters. The number of aromatic nitrogens is 1. The van der Waals surface area contributed by atoms with E-state index in [0.29, 0.717) is 48.3 Å². The number of likely N-dealkylation sites (tertiary alicyclic amines) is 1. The van der Waals surface area contributed by atoms with Gasteiger partial charge in [-0.1, -0.05) is 29.8 Å². The highest BCUT2D eigenvalue weighted by Gasteiger charge is 2.39. The topological polar surface area (TPSA) is 103 Å². The van der Waals surface area contributed by atoms with Crippen LogP contribution in [0.3, 0.4) is 0 Å². The van der Waals surface area contributed by atoms with E-state index in [0.717, 1.165) is 34.9 Å². The molecule has 36 heavy (non-hydrogen) atoms. The SMILES string of the molecule is O=C1CCC(N2Cc3cc(C4CCN(C(=O)c5cc6ccc(Cl)cc6[nH]5)CC4)ccc3C2=O)C(=O)N1. The van der Waals surface area contributed by atoms with E-state index in [4.69, 9.17) is 11.6 Å². The van der Waals surface area contributed by atoms with E-state index in [1.54, 1.807) is 4.90 Å². The molecule has 2 fully saturated rings. The van der Waals surface area contributed by atoms with E-state index in [1.165, 1.54) is 0 Å². The summed E-state index contributed by atoms with van der Waals surface area (Å²) in [6.45, 7) is 1.67. The van der Waals surface area contributed by atoms with Gasteiger partial charge in [0.05, 0.1) is 0 Å². The molecule has 2 aromatic carbocycles. The van der Waals surface area contributed by atoms with Crippen LogP contribution < -0.4 is 5.32 Å².